The summed E-state index contributed by atoms with van der Waals surface area (Å²) in [5.41, 5.74) is -1.48. The Kier molecular flexibility index (Phi) is 7.45. The van der Waals surface area contributed by atoms with E-state index in [0.717, 1.165) is 0 Å². The Bertz CT molecular complexity index is 1040. The van der Waals surface area contributed by atoms with Gasteiger partial charge in [-0.05, 0) is 59.6 Å². The minimum Gasteiger partial charge on any atom is -0.444 e. The van der Waals surface area contributed by atoms with Crippen molar-refractivity contribution in [2.24, 2.45) is 0 Å². The molecule has 0 saturated carbocycles. The van der Waals surface area contributed by atoms with E-state index in [-0.39, 0.29) is 10.9 Å². The predicted octanol–water partition coefficient (Wildman–Crippen LogP) is 2.77. The molecule has 1 aliphatic heterocycles. The van der Waals surface area contributed by atoms with E-state index in [9.17, 15) is 13.2 Å². The molecule has 1 aromatic carbocycles. The number of sulfonamides is 1. The van der Waals surface area contributed by atoms with Crippen molar-refractivity contribution in [3.8, 4) is 0 Å². The number of ether oxygens (including phenoxy) is 1. The van der Waals surface area contributed by atoms with Gasteiger partial charge in [0, 0.05) is 19.1 Å². The fourth-order valence-electron chi connectivity index (χ4n) is 3.47. The third-order valence-electron chi connectivity index (χ3n) is 5.16. The number of alkyl carbamates (subject to hydrolysis) is 1. The first-order valence-corrected chi connectivity index (χ1v) is 12.5. The van der Waals surface area contributed by atoms with E-state index < -0.39 is 27.3 Å². The average molecular weight is 480 g/mol. The Morgan fingerprint density at radius 2 is 1.79 bits per heavy atom. The zero-order chi connectivity index (χ0) is 24.3. The maximum absolute atomic E-state index is 12.5. The van der Waals surface area contributed by atoms with Crippen LogP contribution >= 0.6 is 0 Å². The molecule has 0 spiro atoms. The minimum absolute atomic E-state index is 0.123. The molecule has 0 aliphatic carbocycles. The number of carbonyl (C=O) groups is 1. The highest BCUT2D eigenvalue weighted by atomic mass is 32.2. The number of hydrogen-bond donors (Lipinski definition) is 2. The van der Waals surface area contributed by atoms with E-state index in [0.29, 0.717) is 44.2 Å². The molecule has 1 amide bonds. The highest BCUT2D eigenvalue weighted by Crippen LogP contribution is 2.20. The molecule has 0 radical (unpaired) electrons. The lowest BCUT2D eigenvalue weighted by atomic mass is 10.1. The van der Waals surface area contributed by atoms with Gasteiger partial charge >= 0.3 is 6.09 Å². The van der Waals surface area contributed by atoms with Crippen molar-refractivity contribution in [3.63, 3.8) is 0 Å². The molecule has 2 heterocycles. The summed E-state index contributed by atoms with van der Waals surface area (Å²) in [7, 11) is -3.52. The van der Waals surface area contributed by atoms with Gasteiger partial charge in [-0.3, -0.25) is 4.90 Å². The van der Waals surface area contributed by atoms with Crippen molar-refractivity contribution in [1.29, 1.82) is 0 Å². The number of amides is 1. The van der Waals surface area contributed by atoms with Gasteiger partial charge in [0.15, 0.2) is 5.82 Å². The minimum atomic E-state index is -3.52. The van der Waals surface area contributed by atoms with Gasteiger partial charge in [-0.15, -0.1) is 0 Å². The van der Waals surface area contributed by atoms with Crippen LogP contribution in [0.15, 0.2) is 39.8 Å². The van der Waals surface area contributed by atoms with Gasteiger partial charge in [-0.2, -0.15) is 4.98 Å². The van der Waals surface area contributed by atoms with Crippen LogP contribution in [0, 0.1) is 0 Å². The van der Waals surface area contributed by atoms with Crippen LogP contribution in [0.5, 0.6) is 0 Å². The highest BCUT2D eigenvalue weighted by molar-refractivity contribution is 7.89. The Labute approximate surface area is 195 Å². The molecule has 0 unspecified atom stereocenters. The van der Waals surface area contributed by atoms with E-state index in [1.807, 2.05) is 0 Å². The Morgan fingerprint density at radius 1 is 1.15 bits per heavy atom. The van der Waals surface area contributed by atoms with E-state index in [1.165, 1.54) is 0 Å². The molecule has 1 fully saturated rings. The van der Waals surface area contributed by atoms with Gasteiger partial charge in [0.25, 0.3) is 0 Å². The van der Waals surface area contributed by atoms with Crippen molar-refractivity contribution < 1.29 is 22.5 Å². The summed E-state index contributed by atoms with van der Waals surface area (Å²) in [6.45, 7) is 10.8. The molecule has 10 nitrogen and oxygen atoms in total. The van der Waals surface area contributed by atoms with E-state index >= 15 is 0 Å². The summed E-state index contributed by atoms with van der Waals surface area (Å²) in [5.74, 6) is 0.793. The first-order valence-electron chi connectivity index (χ1n) is 11.0. The first kappa shape index (κ1) is 25.1. The van der Waals surface area contributed by atoms with Crippen LogP contribution in [0.2, 0.25) is 0 Å². The molecule has 1 aliphatic rings. The number of nitrogens with zero attached hydrogens (tertiary/aromatic N) is 3. The van der Waals surface area contributed by atoms with Crippen LogP contribution in [-0.4, -0.2) is 54.3 Å². The number of carbonyl (C=O) groups excluding carboxylic acids is 1. The van der Waals surface area contributed by atoms with Crippen LogP contribution in [0.1, 0.15) is 59.2 Å². The lowest BCUT2D eigenvalue weighted by Crippen LogP contribution is -2.44. The summed E-state index contributed by atoms with van der Waals surface area (Å²) in [4.78, 5) is 19.0. The monoisotopic (exact) mass is 479 g/mol. The van der Waals surface area contributed by atoms with Gasteiger partial charge in [0.1, 0.15) is 11.1 Å². The topological polar surface area (TPSA) is 127 Å². The smallest absolute Gasteiger partial charge is 0.408 e. The maximum Gasteiger partial charge on any atom is 0.408 e. The average Bonchev–Trinajstić information content (AvgIpc) is 3.18. The fraction of sp³-hybridized carbons (Fsp3) is 0.591. The molecule has 11 heteroatoms. The number of likely N-dealkylation sites (tertiary alicyclic amines) is 1. The summed E-state index contributed by atoms with van der Waals surface area (Å²) in [6.07, 6.45) is 0.802. The number of benzene rings is 1. The number of hydrogen-bond acceptors (Lipinski definition) is 8. The molecule has 33 heavy (non-hydrogen) atoms. The van der Waals surface area contributed by atoms with Crippen molar-refractivity contribution in [3.05, 3.63) is 42.0 Å². The zero-order valence-corrected chi connectivity index (χ0v) is 20.6. The quantitative estimate of drug-likeness (QED) is 0.621. The van der Waals surface area contributed by atoms with Crippen LogP contribution in [0.4, 0.5) is 4.79 Å². The maximum atomic E-state index is 12.5. The highest BCUT2D eigenvalue weighted by Gasteiger charge is 2.32. The summed E-state index contributed by atoms with van der Waals surface area (Å²) in [5, 5.41) is 6.79. The Balaban J connectivity index is 1.51. The molecular formula is C22H33N5O5S. The third kappa shape index (κ3) is 7.24. The second-order valence-corrected chi connectivity index (χ2v) is 11.5. The number of aromatic nitrogens is 2. The molecule has 0 bridgehead atoms. The van der Waals surface area contributed by atoms with Crippen molar-refractivity contribution >= 4 is 16.1 Å². The largest absolute Gasteiger partial charge is 0.444 e. The van der Waals surface area contributed by atoms with Crippen molar-refractivity contribution in [2.45, 2.75) is 76.1 Å². The SMILES string of the molecule is CC(C)(C)OC(=O)NC(C)(C)c1noc(CN2CCC(NS(=O)(=O)c3ccccc3)CC2)n1. The van der Waals surface area contributed by atoms with Crippen LogP contribution in [0.25, 0.3) is 0 Å². The Hall–Kier alpha value is -2.50. The molecule has 1 saturated heterocycles. The standard InChI is InChI=1S/C22H33N5O5S/c1-21(2,3)31-20(28)24-22(4,5)19-23-18(32-25-19)15-27-13-11-16(12-14-27)26-33(29,30)17-9-7-6-8-10-17/h6-10,16,26H,11-15H2,1-5H3,(H,24,28). The molecule has 0 atom stereocenters. The molecule has 182 valence electrons. The van der Waals surface area contributed by atoms with Gasteiger partial charge in [0.2, 0.25) is 15.9 Å². The summed E-state index contributed by atoms with van der Waals surface area (Å²) < 4.78 is 38.5. The molecule has 3 rings (SSSR count). The van der Waals surface area contributed by atoms with Gasteiger partial charge < -0.3 is 14.6 Å². The van der Waals surface area contributed by atoms with E-state index in [2.05, 4.69) is 25.1 Å². The molecular weight excluding hydrogens is 446 g/mol. The lowest BCUT2D eigenvalue weighted by Gasteiger charge is -2.31. The molecule has 1 aromatic heterocycles. The summed E-state index contributed by atoms with van der Waals surface area (Å²) >= 11 is 0. The molecule has 2 aromatic rings. The van der Waals surface area contributed by atoms with Crippen LogP contribution in [0.3, 0.4) is 0 Å². The summed E-state index contributed by atoms with van der Waals surface area (Å²) in [6, 6.07) is 8.25. The van der Waals surface area contributed by atoms with Gasteiger partial charge in [-0.1, -0.05) is 23.4 Å². The van der Waals surface area contributed by atoms with Crippen LogP contribution in [-0.2, 0) is 26.8 Å². The number of piperidine rings is 1. The zero-order valence-electron chi connectivity index (χ0n) is 19.8. The van der Waals surface area contributed by atoms with Gasteiger partial charge in [0.05, 0.1) is 11.4 Å². The second kappa shape index (κ2) is 9.78. The molecule has 2 N–H and O–H groups in total. The third-order valence-corrected chi connectivity index (χ3v) is 6.70. The number of nitrogens with one attached hydrogen (secondary N) is 2. The lowest BCUT2D eigenvalue weighted by molar-refractivity contribution is 0.0465. The second-order valence-electron chi connectivity index (χ2n) is 9.75. The fourth-order valence-corrected chi connectivity index (χ4v) is 4.80. The van der Waals surface area contributed by atoms with Crippen LogP contribution < -0.4 is 10.0 Å². The Morgan fingerprint density at radius 3 is 2.39 bits per heavy atom. The van der Waals surface area contributed by atoms with E-state index in [1.54, 1.807) is 65.0 Å². The van der Waals surface area contributed by atoms with Crippen molar-refractivity contribution in [1.82, 2.24) is 25.1 Å². The number of rotatable bonds is 7. The van der Waals surface area contributed by atoms with Gasteiger partial charge in [-0.25, -0.2) is 17.9 Å². The normalized spacial score (nSPS) is 16.5. The first-order chi connectivity index (χ1) is 15.3. The van der Waals surface area contributed by atoms with E-state index in [4.69, 9.17) is 9.26 Å². The predicted molar refractivity (Wildman–Crippen MR) is 122 cm³/mol. The van der Waals surface area contributed by atoms with Crippen molar-refractivity contribution in [2.75, 3.05) is 13.1 Å².